The van der Waals surface area contributed by atoms with Gasteiger partial charge in [0, 0.05) is 0 Å². The minimum absolute atomic E-state index is 0.526. The second-order valence-corrected chi connectivity index (χ2v) is 5.90. The van der Waals surface area contributed by atoms with E-state index in [-0.39, 0.29) is 0 Å². The van der Waals surface area contributed by atoms with E-state index in [0.29, 0.717) is 5.41 Å². The highest BCUT2D eigenvalue weighted by Crippen LogP contribution is 2.28. The Hall–Kier alpha value is 0. The van der Waals surface area contributed by atoms with Crippen molar-refractivity contribution in [3.8, 4) is 0 Å². The van der Waals surface area contributed by atoms with E-state index >= 15 is 0 Å². The Bertz CT molecular complexity index is 118. The fourth-order valence-electron chi connectivity index (χ4n) is 1.97. The molecule has 1 unspecified atom stereocenters. The molecule has 0 rings (SSSR count). The average molecular weight is 198 g/mol. The van der Waals surface area contributed by atoms with E-state index < -0.39 is 0 Å². The molecule has 0 bridgehead atoms. The topological polar surface area (TPSA) is 0 Å². The maximum atomic E-state index is 2.36. The summed E-state index contributed by atoms with van der Waals surface area (Å²) in [7, 11) is 0. The number of hydrogen-bond donors (Lipinski definition) is 0. The minimum Gasteiger partial charge on any atom is -0.0654 e. The molecule has 0 aromatic carbocycles. The molecular weight excluding hydrogens is 168 g/mol. The standard InChI is InChI=1S/C14H30/c1-6-8-10-13(9-7-2)11-12-14(3,4)5/h13H,6-12H2,1-5H3. The van der Waals surface area contributed by atoms with E-state index in [2.05, 4.69) is 34.6 Å². The van der Waals surface area contributed by atoms with E-state index in [9.17, 15) is 0 Å². The highest BCUT2D eigenvalue weighted by Gasteiger charge is 2.14. The van der Waals surface area contributed by atoms with Gasteiger partial charge in [-0.25, -0.2) is 0 Å². The Kier molecular flexibility index (Phi) is 7.31. The predicted molar refractivity (Wildman–Crippen MR) is 66.6 cm³/mol. The van der Waals surface area contributed by atoms with Gasteiger partial charge in [-0.05, 0) is 24.2 Å². The third-order valence-corrected chi connectivity index (χ3v) is 2.97. The largest absolute Gasteiger partial charge is 0.0654 e. The number of hydrogen-bond acceptors (Lipinski definition) is 0. The van der Waals surface area contributed by atoms with Crippen molar-refractivity contribution in [2.45, 2.75) is 79.6 Å². The molecule has 0 aliphatic heterocycles. The van der Waals surface area contributed by atoms with Gasteiger partial charge in [-0.15, -0.1) is 0 Å². The molecular formula is C14H30. The summed E-state index contributed by atoms with van der Waals surface area (Å²) in [4.78, 5) is 0. The van der Waals surface area contributed by atoms with Crippen LogP contribution < -0.4 is 0 Å². The van der Waals surface area contributed by atoms with Crippen LogP contribution in [0, 0.1) is 11.3 Å². The molecule has 0 saturated heterocycles. The van der Waals surface area contributed by atoms with Crippen molar-refractivity contribution in [2.24, 2.45) is 11.3 Å². The van der Waals surface area contributed by atoms with Gasteiger partial charge >= 0.3 is 0 Å². The SMILES string of the molecule is CCCCC(CCC)CCC(C)(C)C. The molecule has 0 fully saturated rings. The molecule has 0 saturated carbocycles. The fraction of sp³-hybridized carbons (Fsp3) is 1.00. The summed E-state index contributed by atoms with van der Waals surface area (Å²) in [5, 5.41) is 0. The van der Waals surface area contributed by atoms with Gasteiger partial charge in [0.25, 0.3) is 0 Å². The molecule has 0 aromatic heterocycles. The quantitative estimate of drug-likeness (QED) is 0.512. The van der Waals surface area contributed by atoms with Crippen LogP contribution in [0.1, 0.15) is 79.6 Å². The van der Waals surface area contributed by atoms with Gasteiger partial charge in [-0.2, -0.15) is 0 Å². The summed E-state index contributed by atoms with van der Waals surface area (Å²) in [5.41, 5.74) is 0.526. The highest BCUT2D eigenvalue weighted by atomic mass is 14.2. The van der Waals surface area contributed by atoms with Crippen molar-refractivity contribution in [1.29, 1.82) is 0 Å². The lowest BCUT2D eigenvalue weighted by atomic mass is 9.83. The summed E-state index contributed by atoms with van der Waals surface area (Å²) >= 11 is 0. The molecule has 1 atom stereocenters. The molecule has 0 aliphatic carbocycles. The van der Waals surface area contributed by atoms with Gasteiger partial charge in [0.1, 0.15) is 0 Å². The maximum Gasteiger partial charge on any atom is -0.0383 e. The fourth-order valence-corrected chi connectivity index (χ4v) is 1.97. The van der Waals surface area contributed by atoms with Crippen molar-refractivity contribution in [3.05, 3.63) is 0 Å². The molecule has 86 valence electrons. The van der Waals surface area contributed by atoms with E-state index in [1.807, 2.05) is 0 Å². The summed E-state index contributed by atoms with van der Waals surface area (Å²) in [5.74, 6) is 0.999. The molecule has 0 spiro atoms. The molecule has 0 amide bonds. The molecule has 14 heavy (non-hydrogen) atoms. The van der Waals surface area contributed by atoms with Gasteiger partial charge in [-0.3, -0.25) is 0 Å². The maximum absolute atomic E-state index is 2.36. The summed E-state index contributed by atoms with van der Waals surface area (Å²) in [6.07, 6.45) is 9.87. The Morgan fingerprint density at radius 1 is 0.857 bits per heavy atom. The van der Waals surface area contributed by atoms with Gasteiger partial charge in [0.05, 0.1) is 0 Å². The van der Waals surface area contributed by atoms with Crippen LogP contribution in [0.2, 0.25) is 0 Å². The van der Waals surface area contributed by atoms with Crippen LogP contribution in [0.3, 0.4) is 0 Å². The Labute approximate surface area is 91.5 Å². The zero-order chi connectivity index (χ0) is 11.0. The van der Waals surface area contributed by atoms with Crippen molar-refractivity contribution in [1.82, 2.24) is 0 Å². The zero-order valence-corrected chi connectivity index (χ0v) is 11.0. The van der Waals surface area contributed by atoms with Crippen LogP contribution in [-0.4, -0.2) is 0 Å². The first-order chi connectivity index (χ1) is 6.49. The van der Waals surface area contributed by atoms with Crippen molar-refractivity contribution in [2.75, 3.05) is 0 Å². The van der Waals surface area contributed by atoms with E-state index in [4.69, 9.17) is 0 Å². The van der Waals surface area contributed by atoms with E-state index in [1.165, 1.54) is 44.9 Å². The lowest BCUT2D eigenvalue weighted by Crippen LogP contribution is -2.09. The third-order valence-electron chi connectivity index (χ3n) is 2.97. The second-order valence-electron chi connectivity index (χ2n) is 5.90. The van der Waals surface area contributed by atoms with Crippen LogP contribution in [-0.2, 0) is 0 Å². The molecule has 0 radical (unpaired) electrons. The van der Waals surface area contributed by atoms with Crippen LogP contribution in [0.25, 0.3) is 0 Å². The normalized spacial score (nSPS) is 14.4. The molecule has 0 heterocycles. The molecule has 0 aliphatic rings. The van der Waals surface area contributed by atoms with Crippen LogP contribution in [0.15, 0.2) is 0 Å². The molecule has 0 heteroatoms. The molecule has 0 aromatic rings. The van der Waals surface area contributed by atoms with Crippen molar-refractivity contribution >= 4 is 0 Å². The number of rotatable bonds is 7. The molecule has 0 nitrogen and oxygen atoms in total. The second kappa shape index (κ2) is 7.31. The van der Waals surface area contributed by atoms with Crippen LogP contribution >= 0.6 is 0 Å². The first-order valence-corrected chi connectivity index (χ1v) is 6.49. The number of unbranched alkanes of at least 4 members (excludes halogenated alkanes) is 1. The lowest BCUT2D eigenvalue weighted by molar-refractivity contribution is 0.298. The first kappa shape index (κ1) is 14.0. The monoisotopic (exact) mass is 198 g/mol. The van der Waals surface area contributed by atoms with Crippen molar-refractivity contribution < 1.29 is 0 Å². The Morgan fingerprint density at radius 3 is 1.93 bits per heavy atom. The summed E-state index contributed by atoms with van der Waals surface area (Å²) < 4.78 is 0. The van der Waals surface area contributed by atoms with Gasteiger partial charge in [0.15, 0.2) is 0 Å². The average Bonchev–Trinajstić information content (AvgIpc) is 2.08. The smallest absolute Gasteiger partial charge is 0.0383 e. The van der Waals surface area contributed by atoms with Gasteiger partial charge in [0.2, 0.25) is 0 Å². The third kappa shape index (κ3) is 8.59. The van der Waals surface area contributed by atoms with E-state index in [1.54, 1.807) is 0 Å². The minimum atomic E-state index is 0.526. The zero-order valence-electron chi connectivity index (χ0n) is 11.0. The van der Waals surface area contributed by atoms with E-state index in [0.717, 1.165) is 5.92 Å². The molecule has 0 N–H and O–H groups in total. The van der Waals surface area contributed by atoms with Gasteiger partial charge in [-0.1, -0.05) is 66.7 Å². The van der Waals surface area contributed by atoms with Crippen LogP contribution in [0.4, 0.5) is 0 Å². The highest BCUT2D eigenvalue weighted by molar-refractivity contribution is 4.66. The summed E-state index contributed by atoms with van der Waals surface area (Å²) in [6.45, 7) is 11.7. The Balaban J connectivity index is 3.72. The summed E-state index contributed by atoms with van der Waals surface area (Å²) in [6, 6.07) is 0. The van der Waals surface area contributed by atoms with Crippen LogP contribution in [0.5, 0.6) is 0 Å². The van der Waals surface area contributed by atoms with Gasteiger partial charge < -0.3 is 0 Å². The lowest BCUT2D eigenvalue weighted by Gasteiger charge is -2.22. The van der Waals surface area contributed by atoms with Crippen molar-refractivity contribution in [3.63, 3.8) is 0 Å². The predicted octanol–water partition coefficient (Wildman–Crippen LogP) is 5.42. The Morgan fingerprint density at radius 2 is 1.50 bits per heavy atom. The first-order valence-electron chi connectivity index (χ1n) is 6.49.